The molecule has 1 rings (SSSR count). The zero-order valence-electron chi connectivity index (χ0n) is 8.12. The molecule has 0 saturated carbocycles. The maximum atomic E-state index is 5.13. The number of aromatic nitrogens is 2. The summed E-state index contributed by atoms with van der Waals surface area (Å²) in [6.45, 7) is 5.64. The van der Waals surface area contributed by atoms with Crippen LogP contribution in [-0.2, 0) is 6.54 Å². The minimum atomic E-state index is 0.449. The monoisotopic (exact) mass is 177 g/mol. The molecule has 0 aliphatic rings. The van der Waals surface area contributed by atoms with Gasteiger partial charge in [0.2, 0.25) is 0 Å². The largest absolute Gasteiger partial charge is 0.331 e. The Bertz CT molecular complexity index is 293. The van der Waals surface area contributed by atoms with Crippen molar-refractivity contribution in [2.75, 3.05) is 6.54 Å². The van der Waals surface area contributed by atoms with E-state index < -0.39 is 0 Å². The van der Waals surface area contributed by atoms with E-state index in [1.54, 1.807) is 0 Å². The Morgan fingerprint density at radius 1 is 1.69 bits per heavy atom. The first kappa shape index (κ1) is 9.82. The molecule has 0 aromatic carbocycles. The van der Waals surface area contributed by atoms with Crippen LogP contribution in [-0.4, -0.2) is 16.1 Å². The summed E-state index contributed by atoms with van der Waals surface area (Å²) < 4.78 is 2.13. The van der Waals surface area contributed by atoms with Crippen LogP contribution in [0.2, 0.25) is 0 Å². The first-order valence-corrected chi connectivity index (χ1v) is 4.40. The Morgan fingerprint density at radius 3 is 3.08 bits per heavy atom. The average molecular weight is 177 g/mol. The molecule has 0 saturated heterocycles. The minimum Gasteiger partial charge on any atom is -0.331 e. The van der Waals surface area contributed by atoms with Crippen molar-refractivity contribution in [1.29, 1.82) is 0 Å². The Kier molecular flexibility index (Phi) is 3.53. The first-order chi connectivity index (χ1) is 6.25. The van der Waals surface area contributed by atoms with Gasteiger partial charge in [0.15, 0.2) is 0 Å². The molecule has 70 valence electrons. The second kappa shape index (κ2) is 4.68. The Morgan fingerprint density at radius 2 is 2.46 bits per heavy atom. The van der Waals surface area contributed by atoms with Gasteiger partial charge >= 0.3 is 0 Å². The third-order valence-electron chi connectivity index (χ3n) is 1.84. The molecule has 0 spiro atoms. The Balaban J connectivity index is 2.56. The van der Waals surface area contributed by atoms with Crippen LogP contribution in [0.5, 0.6) is 0 Å². The van der Waals surface area contributed by atoms with Gasteiger partial charge < -0.3 is 9.88 Å². The van der Waals surface area contributed by atoms with Gasteiger partial charge in [-0.05, 0) is 13.8 Å². The van der Waals surface area contributed by atoms with E-state index in [2.05, 4.69) is 34.6 Å². The maximum Gasteiger partial charge on any atom is 0.0951 e. The summed E-state index contributed by atoms with van der Waals surface area (Å²) in [7, 11) is 0. The molecule has 0 unspecified atom stereocenters. The average Bonchev–Trinajstić information content (AvgIpc) is 2.53. The molecule has 3 nitrogen and oxygen atoms in total. The molecule has 1 aromatic heterocycles. The second-order valence-electron chi connectivity index (χ2n) is 3.19. The van der Waals surface area contributed by atoms with E-state index in [4.69, 9.17) is 6.42 Å². The van der Waals surface area contributed by atoms with Gasteiger partial charge in [-0.2, -0.15) is 0 Å². The quantitative estimate of drug-likeness (QED) is 0.553. The highest BCUT2D eigenvalue weighted by Gasteiger charge is 2.03. The molecule has 0 aliphatic carbocycles. The second-order valence-corrected chi connectivity index (χ2v) is 3.19. The summed E-state index contributed by atoms with van der Waals surface area (Å²) in [5, 5.41) is 3.14. The number of hydrogen-bond donors (Lipinski definition) is 1. The summed E-state index contributed by atoms with van der Waals surface area (Å²) >= 11 is 0. The highest BCUT2D eigenvalue weighted by atomic mass is 15.1. The van der Waals surface area contributed by atoms with Gasteiger partial charge in [-0.15, -0.1) is 6.42 Å². The number of rotatable bonds is 4. The molecule has 1 heterocycles. The summed E-state index contributed by atoms with van der Waals surface area (Å²) in [5.74, 6) is 2.54. The van der Waals surface area contributed by atoms with Gasteiger partial charge in [0.1, 0.15) is 0 Å². The molecule has 0 aliphatic heterocycles. The SMILES string of the molecule is C#CCNCc1cncn1C(C)C. The summed E-state index contributed by atoms with van der Waals surface area (Å²) in [6, 6.07) is 0.449. The zero-order chi connectivity index (χ0) is 9.68. The molecule has 13 heavy (non-hydrogen) atoms. The van der Waals surface area contributed by atoms with Gasteiger partial charge in [-0.1, -0.05) is 5.92 Å². The highest BCUT2D eigenvalue weighted by Crippen LogP contribution is 2.07. The van der Waals surface area contributed by atoms with E-state index in [1.165, 1.54) is 5.69 Å². The number of terminal acetylenes is 1. The van der Waals surface area contributed by atoms with E-state index in [0.717, 1.165) is 6.54 Å². The molecular formula is C10H15N3. The van der Waals surface area contributed by atoms with Gasteiger partial charge in [0.25, 0.3) is 0 Å². The molecule has 0 bridgehead atoms. The molecule has 0 amide bonds. The topological polar surface area (TPSA) is 29.9 Å². The standard InChI is InChI=1S/C10H15N3/c1-4-5-11-6-10-7-12-8-13(10)9(2)3/h1,7-9,11H,5-6H2,2-3H3. The summed E-state index contributed by atoms with van der Waals surface area (Å²) in [6.07, 6.45) is 8.84. The van der Waals surface area contributed by atoms with E-state index in [9.17, 15) is 0 Å². The molecule has 1 N–H and O–H groups in total. The lowest BCUT2D eigenvalue weighted by Gasteiger charge is -2.11. The third-order valence-corrected chi connectivity index (χ3v) is 1.84. The lowest BCUT2D eigenvalue weighted by Crippen LogP contribution is -2.16. The number of nitrogens with one attached hydrogen (secondary N) is 1. The molecule has 1 aromatic rings. The predicted molar refractivity (Wildman–Crippen MR) is 53.2 cm³/mol. The Hall–Kier alpha value is -1.27. The fraction of sp³-hybridized carbons (Fsp3) is 0.500. The molecule has 0 atom stereocenters. The lowest BCUT2D eigenvalue weighted by atomic mass is 10.3. The molecule has 3 heteroatoms. The smallest absolute Gasteiger partial charge is 0.0951 e. The zero-order valence-corrected chi connectivity index (χ0v) is 8.12. The Labute approximate surface area is 79.2 Å². The normalized spacial score (nSPS) is 10.3. The van der Waals surface area contributed by atoms with E-state index in [0.29, 0.717) is 12.6 Å². The summed E-state index contributed by atoms with van der Waals surface area (Å²) in [5.41, 5.74) is 1.17. The third kappa shape index (κ3) is 2.60. The predicted octanol–water partition coefficient (Wildman–Crippen LogP) is 1.19. The van der Waals surface area contributed by atoms with Crippen molar-refractivity contribution in [2.45, 2.75) is 26.4 Å². The van der Waals surface area contributed by atoms with Crippen LogP contribution in [0, 0.1) is 12.3 Å². The maximum absolute atomic E-state index is 5.13. The van der Waals surface area contributed by atoms with Crippen LogP contribution in [0.3, 0.4) is 0 Å². The van der Waals surface area contributed by atoms with Crippen LogP contribution in [0.15, 0.2) is 12.5 Å². The van der Waals surface area contributed by atoms with Crippen molar-refractivity contribution in [1.82, 2.24) is 14.9 Å². The van der Waals surface area contributed by atoms with E-state index in [1.807, 2.05) is 12.5 Å². The molecule has 0 fully saturated rings. The van der Waals surface area contributed by atoms with Crippen LogP contribution < -0.4 is 5.32 Å². The van der Waals surface area contributed by atoms with E-state index >= 15 is 0 Å². The molecular weight excluding hydrogens is 162 g/mol. The van der Waals surface area contributed by atoms with Crippen molar-refractivity contribution in [2.24, 2.45) is 0 Å². The first-order valence-electron chi connectivity index (χ1n) is 4.40. The molecule has 0 radical (unpaired) electrons. The van der Waals surface area contributed by atoms with Gasteiger partial charge in [-0.25, -0.2) is 4.98 Å². The summed E-state index contributed by atoms with van der Waals surface area (Å²) in [4.78, 5) is 4.09. The van der Waals surface area contributed by atoms with Crippen LogP contribution in [0.4, 0.5) is 0 Å². The number of hydrogen-bond acceptors (Lipinski definition) is 2. The van der Waals surface area contributed by atoms with Crippen LogP contribution >= 0.6 is 0 Å². The minimum absolute atomic E-state index is 0.449. The van der Waals surface area contributed by atoms with Crippen molar-refractivity contribution in [3.63, 3.8) is 0 Å². The van der Waals surface area contributed by atoms with Crippen LogP contribution in [0.1, 0.15) is 25.6 Å². The van der Waals surface area contributed by atoms with E-state index in [-0.39, 0.29) is 0 Å². The van der Waals surface area contributed by atoms with Gasteiger partial charge in [-0.3, -0.25) is 0 Å². The van der Waals surface area contributed by atoms with Crippen LogP contribution in [0.25, 0.3) is 0 Å². The van der Waals surface area contributed by atoms with Crippen molar-refractivity contribution in [3.8, 4) is 12.3 Å². The van der Waals surface area contributed by atoms with Gasteiger partial charge in [0, 0.05) is 18.8 Å². The van der Waals surface area contributed by atoms with Crippen molar-refractivity contribution >= 4 is 0 Å². The highest BCUT2D eigenvalue weighted by molar-refractivity contribution is 5.00. The van der Waals surface area contributed by atoms with Crippen molar-refractivity contribution in [3.05, 3.63) is 18.2 Å². The fourth-order valence-corrected chi connectivity index (χ4v) is 1.20. The number of nitrogens with zero attached hydrogens (tertiary/aromatic N) is 2. The number of imidazole rings is 1. The van der Waals surface area contributed by atoms with Gasteiger partial charge in [0.05, 0.1) is 18.6 Å². The lowest BCUT2D eigenvalue weighted by molar-refractivity contribution is 0.559. The fourth-order valence-electron chi connectivity index (χ4n) is 1.20. The van der Waals surface area contributed by atoms with Crippen molar-refractivity contribution < 1.29 is 0 Å².